The summed E-state index contributed by atoms with van der Waals surface area (Å²) in [7, 11) is 0. The van der Waals surface area contributed by atoms with Gasteiger partial charge in [-0.2, -0.15) is 0 Å². The zero-order chi connectivity index (χ0) is 29.5. The maximum absolute atomic E-state index is 12.5. The Morgan fingerprint density at radius 2 is 1.39 bits per heavy atom. The molecule has 0 amide bonds. The Hall–Kier alpha value is -4.50. The van der Waals surface area contributed by atoms with E-state index in [9.17, 15) is 14.7 Å². The molecule has 2 N–H and O–H groups in total. The summed E-state index contributed by atoms with van der Waals surface area (Å²) in [6.45, 7) is 6.96. The van der Waals surface area contributed by atoms with E-state index in [-0.39, 0.29) is 12.1 Å². The number of oxime groups is 1. The van der Waals surface area contributed by atoms with E-state index in [1.807, 2.05) is 91.0 Å². The molecule has 0 fully saturated rings. The first kappa shape index (κ1) is 29.5. The van der Waals surface area contributed by atoms with E-state index < -0.39 is 34.9 Å². The summed E-state index contributed by atoms with van der Waals surface area (Å²) in [6.07, 6.45) is -0.801. The Morgan fingerprint density at radius 1 is 0.902 bits per heavy atom. The van der Waals surface area contributed by atoms with Crippen molar-refractivity contribution in [2.75, 3.05) is 5.32 Å². The SMILES string of the molecule is CCC(O/N=C(\C(=O)O)c1csc(NC(c2ccccc2)(c2ccccc2)c2ccccc2)n1)C(=O)OC(C)(C)C. The second kappa shape index (κ2) is 12.8. The van der Waals surface area contributed by atoms with Crippen LogP contribution in [0.4, 0.5) is 5.13 Å². The van der Waals surface area contributed by atoms with Gasteiger partial charge in [-0.3, -0.25) is 0 Å². The standard InChI is InChI=1S/C32H33N3O5S/c1-5-26(29(38)39-31(2,3)4)40-35-27(28(36)37)25-21-41-30(33-25)34-32(22-15-9-6-10-16-22,23-17-11-7-12-18-23)24-19-13-8-14-20-24/h6-21,26H,5H2,1-4H3,(H,33,34)(H,36,37)/b35-27-. The van der Waals surface area contributed by atoms with E-state index >= 15 is 0 Å². The lowest BCUT2D eigenvalue weighted by molar-refractivity contribution is -0.169. The molecule has 0 bridgehead atoms. The highest BCUT2D eigenvalue weighted by Gasteiger charge is 2.37. The van der Waals surface area contributed by atoms with Crippen molar-refractivity contribution in [2.45, 2.75) is 51.4 Å². The number of aliphatic carboxylic acids is 1. The molecule has 1 unspecified atom stereocenters. The van der Waals surface area contributed by atoms with Crippen LogP contribution in [0.5, 0.6) is 0 Å². The Labute approximate surface area is 243 Å². The number of hydrogen-bond acceptors (Lipinski definition) is 8. The number of carbonyl (C=O) groups excluding carboxylic acids is 1. The van der Waals surface area contributed by atoms with E-state index in [4.69, 9.17) is 9.57 Å². The smallest absolute Gasteiger partial charge is 0.360 e. The van der Waals surface area contributed by atoms with Gasteiger partial charge < -0.3 is 20.0 Å². The number of hydrogen-bond donors (Lipinski definition) is 2. The molecule has 0 aliphatic heterocycles. The summed E-state index contributed by atoms with van der Waals surface area (Å²) in [5.74, 6) is -1.95. The van der Waals surface area contributed by atoms with Gasteiger partial charge in [0.2, 0.25) is 11.8 Å². The number of anilines is 1. The second-order valence-corrected chi connectivity index (χ2v) is 11.1. The van der Waals surface area contributed by atoms with Crippen molar-refractivity contribution < 1.29 is 24.3 Å². The van der Waals surface area contributed by atoms with Gasteiger partial charge in [0.15, 0.2) is 5.13 Å². The number of carboxylic acids is 1. The maximum Gasteiger partial charge on any atom is 0.360 e. The first-order valence-corrected chi connectivity index (χ1v) is 14.1. The van der Waals surface area contributed by atoms with Gasteiger partial charge in [0.05, 0.1) is 0 Å². The van der Waals surface area contributed by atoms with Crippen molar-refractivity contribution in [1.82, 2.24) is 4.98 Å². The van der Waals surface area contributed by atoms with Gasteiger partial charge in [0.25, 0.3) is 0 Å². The van der Waals surface area contributed by atoms with Gasteiger partial charge in [-0.15, -0.1) is 11.3 Å². The Morgan fingerprint density at radius 3 is 1.80 bits per heavy atom. The van der Waals surface area contributed by atoms with Gasteiger partial charge in [-0.05, 0) is 43.9 Å². The van der Waals surface area contributed by atoms with Gasteiger partial charge in [0.1, 0.15) is 16.8 Å². The molecule has 8 nitrogen and oxygen atoms in total. The van der Waals surface area contributed by atoms with Crippen molar-refractivity contribution in [1.29, 1.82) is 0 Å². The molecule has 0 aliphatic carbocycles. The first-order chi connectivity index (χ1) is 19.6. The minimum absolute atomic E-state index is 0.104. The minimum atomic E-state index is -1.33. The average molecular weight is 572 g/mol. The molecule has 0 saturated carbocycles. The fourth-order valence-electron chi connectivity index (χ4n) is 4.34. The Balaban J connectivity index is 1.73. The maximum atomic E-state index is 12.5. The highest BCUT2D eigenvalue weighted by Crippen LogP contribution is 2.40. The van der Waals surface area contributed by atoms with E-state index in [2.05, 4.69) is 15.5 Å². The number of nitrogens with one attached hydrogen (secondary N) is 1. The number of carboxylic acid groups (broad SMARTS) is 1. The lowest BCUT2D eigenvalue weighted by Gasteiger charge is -2.36. The minimum Gasteiger partial charge on any atom is -0.476 e. The topological polar surface area (TPSA) is 110 Å². The van der Waals surface area contributed by atoms with Crippen LogP contribution in [0.25, 0.3) is 0 Å². The Bertz CT molecular complexity index is 1390. The van der Waals surface area contributed by atoms with E-state index in [0.717, 1.165) is 16.7 Å². The molecular weight excluding hydrogens is 538 g/mol. The molecule has 1 atom stereocenters. The van der Waals surface area contributed by atoms with Crippen molar-refractivity contribution >= 4 is 34.1 Å². The predicted octanol–water partition coefficient (Wildman–Crippen LogP) is 6.47. The number of rotatable bonds is 11. The third-order valence-electron chi connectivity index (χ3n) is 6.18. The number of ether oxygens (including phenoxy) is 1. The van der Waals surface area contributed by atoms with Crippen LogP contribution in [0.1, 0.15) is 56.5 Å². The van der Waals surface area contributed by atoms with Crippen LogP contribution < -0.4 is 5.32 Å². The van der Waals surface area contributed by atoms with E-state index in [1.54, 1.807) is 33.1 Å². The van der Waals surface area contributed by atoms with Crippen LogP contribution in [0.3, 0.4) is 0 Å². The molecule has 0 radical (unpaired) electrons. The molecule has 0 saturated heterocycles. The summed E-state index contributed by atoms with van der Waals surface area (Å²) < 4.78 is 5.37. The molecule has 1 aromatic heterocycles. The van der Waals surface area contributed by atoms with Gasteiger partial charge in [-0.25, -0.2) is 14.6 Å². The van der Waals surface area contributed by atoms with Crippen LogP contribution in [0.2, 0.25) is 0 Å². The van der Waals surface area contributed by atoms with Crippen molar-refractivity contribution in [3.05, 3.63) is 119 Å². The van der Waals surface area contributed by atoms with Crippen molar-refractivity contribution in [3.63, 3.8) is 0 Å². The predicted molar refractivity (Wildman–Crippen MR) is 160 cm³/mol. The fourth-order valence-corrected chi connectivity index (χ4v) is 5.10. The van der Waals surface area contributed by atoms with Gasteiger partial charge in [0, 0.05) is 5.38 Å². The van der Waals surface area contributed by atoms with Crippen LogP contribution in [0.15, 0.2) is 102 Å². The summed E-state index contributed by atoms with van der Waals surface area (Å²) >= 11 is 1.25. The van der Waals surface area contributed by atoms with Crippen molar-refractivity contribution in [3.8, 4) is 0 Å². The zero-order valence-corrected chi connectivity index (χ0v) is 24.2. The number of nitrogens with zero attached hydrogens (tertiary/aromatic N) is 2. The fraction of sp³-hybridized carbons (Fsp3) is 0.250. The molecule has 0 aliphatic rings. The van der Waals surface area contributed by atoms with Gasteiger partial charge in [-0.1, -0.05) is 103 Å². The summed E-state index contributed by atoms with van der Waals surface area (Å²) in [5.41, 5.74) is 1.08. The Kier molecular flexibility index (Phi) is 9.19. The normalized spacial score (nSPS) is 12.8. The van der Waals surface area contributed by atoms with Crippen LogP contribution >= 0.6 is 11.3 Å². The number of thiazole rings is 1. The van der Waals surface area contributed by atoms with Crippen LogP contribution in [-0.4, -0.2) is 39.4 Å². The zero-order valence-electron chi connectivity index (χ0n) is 23.4. The summed E-state index contributed by atoms with van der Waals surface area (Å²) in [6, 6.07) is 30.0. The molecule has 41 heavy (non-hydrogen) atoms. The molecule has 4 rings (SSSR count). The van der Waals surface area contributed by atoms with Gasteiger partial charge >= 0.3 is 11.9 Å². The average Bonchev–Trinajstić information content (AvgIpc) is 3.42. The molecule has 212 valence electrons. The summed E-state index contributed by atoms with van der Waals surface area (Å²) in [4.78, 5) is 34.6. The lowest BCUT2D eigenvalue weighted by atomic mass is 9.77. The van der Waals surface area contributed by atoms with E-state index in [0.29, 0.717) is 5.13 Å². The highest BCUT2D eigenvalue weighted by atomic mass is 32.1. The molecular formula is C32H33N3O5S. The number of aromatic nitrogens is 1. The number of benzene rings is 3. The number of carbonyl (C=O) groups is 2. The molecule has 4 aromatic rings. The quantitative estimate of drug-likeness (QED) is 0.0918. The highest BCUT2D eigenvalue weighted by molar-refractivity contribution is 7.14. The summed E-state index contributed by atoms with van der Waals surface area (Å²) in [5, 5.41) is 19.5. The van der Waals surface area contributed by atoms with E-state index in [1.165, 1.54) is 11.3 Å². The molecule has 3 aromatic carbocycles. The van der Waals surface area contributed by atoms with Crippen LogP contribution in [-0.2, 0) is 24.7 Å². The largest absolute Gasteiger partial charge is 0.476 e. The monoisotopic (exact) mass is 571 g/mol. The van der Waals surface area contributed by atoms with Crippen LogP contribution in [0, 0.1) is 0 Å². The number of esters is 1. The molecule has 1 heterocycles. The third-order valence-corrected chi connectivity index (χ3v) is 6.93. The lowest BCUT2D eigenvalue weighted by Crippen LogP contribution is -2.38. The van der Waals surface area contributed by atoms with Crippen molar-refractivity contribution in [2.24, 2.45) is 5.16 Å². The third kappa shape index (κ3) is 6.99. The first-order valence-electron chi connectivity index (χ1n) is 13.2. The molecule has 0 spiro atoms. The molecule has 9 heteroatoms. The second-order valence-electron chi connectivity index (χ2n) is 10.3.